The Morgan fingerprint density at radius 2 is 1.76 bits per heavy atom. The number of aliphatic hydroxyl groups is 2. The predicted octanol–water partition coefficient (Wildman–Crippen LogP) is 1.42. The van der Waals surface area contributed by atoms with E-state index in [0.717, 1.165) is 0 Å². The average Bonchev–Trinajstić information content (AvgIpc) is 2.35. The SMILES string of the molecule is CC(CO)(NC(=O)C(O)C(C)(C)N)c1cc(Cl)cc(Cl)c1. The van der Waals surface area contributed by atoms with Crippen LogP contribution in [0.2, 0.25) is 10.0 Å². The molecule has 0 aromatic heterocycles. The number of nitrogens with one attached hydrogen (secondary N) is 1. The molecule has 7 heteroatoms. The first-order valence-electron chi connectivity index (χ1n) is 6.36. The van der Waals surface area contributed by atoms with Crippen LogP contribution in [-0.2, 0) is 10.3 Å². The van der Waals surface area contributed by atoms with Crippen LogP contribution in [0.15, 0.2) is 18.2 Å². The van der Waals surface area contributed by atoms with Crippen molar-refractivity contribution in [1.82, 2.24) is 5.32 Å². The summed E-state index contributed by atoms with van der Waals surface area (Å²) >= 11 is 11.9. The minimum atomic E-state index is -1.42. The number of carbonyl (C=O) groups is 1. The van der Waals surface area contributed by atoms with Crippen LogP contribution in [0, 0.1) is 0 Å². The zero-order valence-electron chi connectivity index (χ0n) is 12.2. The van der Waals surface area contributed by atoms with E-state index >= 15 is 0 Å². The second kappa shape index (κ2) is 6.50. The molecule has 0 spiro atoms. The standard InChI is InChI=1S/C14H20Cl2N2O3/c1-13(2,17)11(20)12(21)18-14(3,7-19)8-4-9(15)6-10(16)5-8/h4-6,11,19-20H,7,17H2,1-3H3,(H,18,21). The van der Waals surface area contributed by atoms with Crippen LogP contribution >= 0.6 is 23.2 Å². The van der Waals surface area contributed by atoms with E-state index in [1.165, 1.54) is 13.8 Å². The molecular weight excluding hydrogens is 315 g/mol. The molecule has 0 aliphatic rings. The van der Waals surface area contributed by atoms with E-state index in [1.54, 1.807) is 25.1 Å². The lowest BCUT2D eigenvalue weighted by atomic mass is 9.91. The maximum atomic E-state index is 12.1. The summed E-state index contributed by atoms with van der Waals surface area (Å²) < 4.78 is 0. The van der Waals surface area contributed by atoms with Crippen molar-refractivity contribution >= 4 is 29.1 Å². The lowest BCUT2D eigenvalue weighted by Gasteiger charge is -2.33. The monoisotopic (exact) mass is 334 g/mol. The smallest absolute Gasteiger partial charge is 0.251 e. The highest BCUT2D eigenvalue weighted by atomic mass is 35.5. The largest absolute Gasteiger partial charge is 0.394 e. The molecule has 0 saturated carbocycles. The van der Waals surface area contributed by atoms with Gasteiger partial charge in [0.25, 0.3) is 5.91 Å². The molecular formula is C14H20Cl2N2O3. The number of aliphatic hydroxyl groups excluding tert-OH is 2. The fourth-order valence-corrected chi connectivity index (χ4v) is 2.28. The molecule has 1 aromatic rings. The van der Waals surface area contributed by atoms with Gasteiger partial charge in [-0.3, -0.25) is 4.79 Å². The van der Waals surface area contributed by atoms with Gasteiger partial charge in [0, 0.05) is 15.6 Å². The van der Waals surface area contributed by atoms with Crippen LogP contribution in [0.5, 0.6) is 0 Å². The fourth-order valence-electron chi connectivity index (χ4n) is 1.75. The van der Waals surface area contributed by atoms with Crippen molar-refractivity contribution in [3.63, 3.8) is 0 Å². The topological polar surface area (TPSA) is 95.6 Å². The third-order valence-electron chi connectivity index (χ3n) is 3.17. The van der Waals surface area contributed by atoms with Crippen LogP contribution in [0.3, 0.4) is 0 Å². The van der Waals surface area contributed by atoms with Crippen molar-refractivity contribution in [3.8, 4) is 0 Å². The molecule has 0 aliphatic carbocycles. The summed E-state index contributed by atoms with van der Waals surface area (Å²) in [6.45, 7) is 4.27. The molecule has 2 unspecified atom stereocenters. The summed E-state index contributed by atoms with van der Waals surface area (Å²) in [6.07, 6.45) is -1.42. The lowest BCUT2D eigenvalue weighted by Crippen LogP contribution is -2.58. The molecule has 1 aromatic carbocycles. The third-order valence-corrected chi connectivity index (χ3v) is 3.60. The van der Waals surface area contributed by atoms with Crippen molar-refractivity contribution in [2.45, 2.75) is 38.0 Å². The van der Waals surface area contributed by atoms with Gasteiger partial charge in [-0.25, -0.2) is 0 Å². The highest BCUT2D eigenvalue weighted by Crippen LogP contribution is 2.27. The Labute approximate surface area is 134 Å². The van der Waals surface area contributed by atoms with Gasteiger partial charge in [0.2, 0.25) is 0 Å². The van der Waals surface area contributed by atoms with E-state index in [2.05, 4.69) is 5.32 Å². The Bertz CT molecular complexity index is 511. The molecule has 1 rings (SSSR count). The average molecular weight is 335 g/mol. The van der Waals surface area contributed by atoms with E-state index in [9.17, 15) is 15.0 Å². The summed E-state index contributed by atoms with van der Waals surface area (Å²) in [7, 11) is 0. The van der Waals surface area contributed by atoms with Crippen LogP contribution in [0.25, 0.3) is 0 Å². The first kappa shape index (κ1) is 18.2. The molecule has 0 aliphatic heterocycles. The fraction of sp³-hybridized carbons (Fsp3) is 0.500. The van der Waals surface area contributed by atoms with Gasteiger partial charge in [0.1, 0.15) is 6.10 Å². The van der Waals surface area contributed by atoms with Crippen LogP contribution < -0.4 is 11.1 Å². The number of benzene rings is 1. The normalized spacial score (nSPS) is 16.2. The van der Waals surface area contributed by atoms with Gasteiger partial charge >= 0.3 is 0 Å². The molecule has 118 valence electrons. The Morgan fingerprint density at radius 3 is 2.14 bits per heavy atom. The van der Waals surface area contributed by atoms with Gasteiger partial charge in [-0.15, -0.1) is 0 Å². The minimum Gasteiger partial charge on any atom is -0.394 e. The molecule has 0 fully saturated rings. The summed E-state index contributed by atoms with van der Waals surface area (Å²) in [6, 6.07) is 4.72. The second-order valence-electron chi connectivity index (χ2n) is 5.86. The van der Waals surface area contributed by atoms with Gasteiger partial charge in [-0.1, -0.05) is 23.2 Å². The predicted molar refractivity (Wildman–Crippen MR) is 83.3 cm³/mol. The molecule has 5 nitrogen and oxygen atoms in total. The highest BCUT2D eigenvalue weighted by Gasteiger charge is 2.35. The van der Waals surface area contributed by atoms with E-state index < -0.39 is 29.7 Å². The van der Waals surface area contributed by atoms with E-state index in [4.69, 9.17) is 28.9 Å². The Morgan fingerprint density at radius 1 is 1.29 bits per heavy atom. The Hall–Kier alpha value is -0.850. The number of rotatable bonds is 5. The van der Waals surface area contributed by atoms with E-state index in [1.807, 2.05) is 0 Å². The lowest BCUT2D eigenvalue weighted by molar-refractivity contribution is -0.134. The van der Waals surface area contributed by atoms with E-state index in [-0.39, 0.29) is 0 Å². The Balaban J connectivity index is 3.08. The van der Waals surface area contributed by atoms with Crippen molar-refractivity contribution < 1.29 is 15.0 Å². The van der Waals surface area contributed by atoms with Crippen LogP contribution in [0.4, 0.5) is 0 Å². The third kappa shape index (κ3) is 4.56. The summed E-state index contributed by atoms with van der Waals surface area (Å²) in [5.74, 6) is -0.685. The zero-order valence-corrected chi connectivity index (χ0v) is 13.7. The number of halogens is 2. The number of hydrogen-bond donors (Lipinski definition) is 4. The molecule has 1 amide bonds. The number of hydrogen-bond acceptors (Lipinski definition) is 4. The van der Waals surface area contributed by atoms with Gasteiger partial charge in [0.15, 0.2) is 0 Å². The number of carbonyl (C=O) groups excluding carboxylic acids is 1. The van der Waals surface area contributed by atoms with Gasteiger partial charge < -0.3 is 21.3 Å². The van der Waals surface area contributed by atoms with Crippen LogP contribution in [0.1, 0.15) is 26.3 Å². The van der Waals surface area contributed by atoms with Crippen molar-refractivity contribution in [1.29, 1.82) is 0 Å². The molecule has 0 saturated heterocycles. The molecule has 2 atom stereocenters. The molecule has 0 heterocycles. The maximum absolute atomic E-state index is 12.1. The molecule has 0 bridgehead atoms. The van der Waals surface area contributed by atoms with Crippen LogP contribution in [-0.4, -0.2) is 34.4 Å². The van der Waals surface area contributed by atoms with Crippen molar-refractivity contribution in [3.05, 3.63) is 33.8 Å². The molecule has 5 N–H and O–H groups in total. The van der Waals surface area contributed by atoms with Gasteiger partial charge in [-0.2, -0.15) is 0 Å². The first-order valence-corrected chi connectivity index (χ1v) is 7.11. The minimum absolute atomic E-state index is 0.381. The van der Waals surface area contributed by atoms with Gasteiger partial charge in [0.05, 0.1) is 12.1 Å². The molecule has 0 radical (unpaired) electrons. The summed E-state index contributed by atoms with van der Waals surface area (Å²) in [5, 5.41) is 22.9. The number of amides is 1. The Kier molecular flexibility index (Phi) is 5.63. The maximum Gasteiger partial charge on any atom is 0.251 e. The van der Waals surface area contributed by atoms with Gasteiger partial charge in [-0.05, 0) is 44.5 Å². The number of nitrogens with two attached hydrogens (primary N) is 1. The van der Waals surface area contributed by atoms with E-state index in [0.29, 0.717) is 15.6 Å². The summed E-state index contributed by atoms with van der Waals surface area (Å²) in [4.78, 5) is 12.1. The summed E-state index contributed by atoms with van der Waals surface area (Å²) in [5.41, 5.74) is 3.99. The quantitative estimate of drug-likeness (QED) is 0.654. The highest BCUT2D eigenvalue weighted by molar-refractivity contribution is 6.34. The first-order chi connectivity index (χ1) is 9.49. The van der Waals surface area contributed by atoms with Crippen molar-refractivity contribution in [2.75, 3.05) is 6.61 Å². The van der Waals surface area contributed by atoms with Crippen molar-refractivity contribution in [2.24, 2.45) is 5.73 Å². The second-order valence-corrected chi connectivity index (χ2v) is 6.73. The zero-order chi connectivity index (χ0) is 16.4. The molecule has 21 heavy (non-hydrogen) atoms.